The number of aliphatic hydroxyl groups is 1. The van der Waals surface area contributed by atoms with Crippen LogP contribution in [-0.4, -0.2) is 51.7 Å². The van der Waals surface area contributed by atoms with Gasteiger partial charge >= 0.3 is 0 Å². The maximum Gasteiger partial charge on any atom is 0.120 e. The second-order valence-electron chi connectivity index (χ2n) is 9.41. The van der Waals surface area contributed by atoms with Crippen LogP contribution in [0.4, 0.5) is 0 Å². The molecule has 6 nitrogen and oxygen atoms in total. The SMILES string of the molecule is Cc1ccn(CCOc2ccc(CN3CCC[C@@](O)(COc4cc(C)c(Cl)c(C)c4)C3)cc2)n1. The van der Waals surface area contributed by atoms with Crippen molar-refractivity contribution in [1.82, 2.24) is 14.7 Å². The Labute approximate surface area is 207 Å². The zero-order valence-corrected chi connectivity index (χ0v) is 21.0. The molecule has 0 aliphatic carbocycles. The first-order valence-corrected chi connectivity index (χ1v) is 12.2. The third kappa shape index (κ3) is 6.53. The average molecular weight is 484 g/mol. The number of hydrogen-bond acceptors (Lipinski definition) is 5. The minimum absolute atomic E-state index is 0.270. The Balaban J connectivity index is 1.26. The Kier molecular flexibility index (Phi) is 7.81. The summed E-state index contributed by atoms with van der Waals surface area (Å²) < 4.78 is 13.7. The van der Waals surface area contributed by atoms with Gasteiger partial charge in [-0.05, 0) is 87.2 Å². The number of aryl methyl sites for hydroxylation is 3. The highest BCUT2D eigenvalue weighted by atomic mass is 35.5. The summed E-state index contributed by atoms with van der Waals surface area (Å²) in [6.45, 7) is 9.81. The summed E-state index contributed by atoms with van der Waals surface area (Å²) >= 11 is 6.26. The maximum absolute atomic E-state index is 11.2. The second-order valence-corrected chi connectivity index (χ2v) is 9.79. The van der Waals surface area contributed by atoms with Gasteiger partial charge < -0.3 is 14.6 Å². The maximum atomic E-state index is 11.2. The van der Waals surface area contributed by atoms with Crippen molar-refractivity contribution in [2.24, 2.45) is 0 Å². The van der Waals surface area contributed by atoms with Gasteiger partial charge in [0, 0.05) is 24.3 Å². The van der Waals surface area contributed by atoms with Crippen molar-refractivity contribution in [3.05, 3.63) is 76.1 Å². The lowest BCUT2D eigenvalue weighted by Crippen LogP contribution is -2.51. The minimum atomic E-state index is -0.867. The molecule has 0 spiro atoms. The van der Waals surface area contributed by atoms with E-state index in [-0.39, 0.29) is 6.61 Å². The van der Waals surface area contributed by atoms with Crippen LogP contribution >= 0.6 is 11.6 Å². The number of ether oxygens (including phenoxy) is 2. The van der Waals surface area contributed by atoms with Gasteiger partial charge in [-0.3, -0.25) is 9.58 Å². The van der Waals surface area contributed by atoms with Crippen LogP contribution in [0.15, 0.2) is 48.7 Å². The lowest BCUT2D eigenvalue weighted by molar-refractivity contribution is -0.0621. The lowest BCUT2D eigenvalue weighted by Gasteiger charge is -2.39. The Morgan fingerprint density at radius 2 is 1.76 bits per heavy atom. The number of aromatic nitrogens is 2. The van der Waals surface area contributed by atoms with E-state index in [4.69, 9.17) is 21.1 Å². The van der Waals surface area contributed by atoms with E-state index in [1.807, 2.05) is 62.0 Å². The molecule has 0 bridgehead atoms. The third-order valence-corrected chi connectivity index (χ3v) is 6.84. The van der Waals surface area contributed by atoms with Crippen LogP contribution in [0.25, 0.3) is 0 Å². The topological polar surface area (TPSA) is 59.8 Å². The van der Waals surface area contributed by atoms with Crippen LogP contribution in [0.2, 0.25) is 5.02 Å². The Morgan fingerprint density at radius 1 is 1.03 bits per heavy atom. The minimum Gasteiger partial charge on any atom is -0.492 e. The van der Waals surface area contributed by atoms with Gasteiger partial charge in [0.2, 0.25) is 0 Å². The van der Waals surface area contributed by atoms with Crippen LogP contribution in [0.3, 0.4) is 0 Å². The van der Waals surface area contributed by atoms with Crippen molar-refractivity contribution >= 4 is 11.6 Å². The van der Waals surface area contributed by atoms with Crippen molar-refractivity contribution in [1.29, 1.82) is 0 Å². The highest BCUT2D eigenvalue weighted by Gasteiger charge is 2.34. The van der Waals surface area contributed by atoms with Crippen molar-refractivity contribution in [2.75, 3.05) is 26.3 Å². The zero-order valence-electron chi connectivity index (χ0n) is 20.3. The van der Waals surface area contributed by atoms with Crippen LogP contribution in [0.1, 0.15) is 35.2 Å². The summed E-state index contributed by atoms with van der Waals surface area (Å²) in [6, 6.07) is 14.1. The van der Waals surface area contributed by atoms with Crippen LogP contribution in [0, 0.1) is 20.8 Å². The molecule has 7 heteroatoms. The van der Waals surface area contributed by atoms with E-state index in [0.717, 1.165) is 65.8 Å². The molecule has 1 fully saturated rings. The zero-order chi connectivity index (χ0) is 24.1. The first kappa shape index (κ1) is 24.6. The van der Waals surface area contributed by atoms with Crippen molar-refractivity contribution in [3.8, 4) is 11.5 Å². The van der Waals surface area contributed by atoms with Gasteiger partial charge in [-0.2, -0.15) is 5.10 Å². The van der Waals surface area contributed by atoms with Crippen LogP contribution in [-0.2, 0) is 13.1 Å². The molecule has 0 saturated carbocycles. The number of β-amino-alcohol motifs (C(OH)–C–C–N with tert-alkyl or cyclic N) is 1. The number of likely N-dealkylation sites (tertiary alicyclic amines) is 1. The van der Waals surface area contributed by atoms with Gasteiger partial charge in [0.25, 0.3) is 0 Å². The first-order chi connectivity index (χ1) is 16.3. The number of piperidine rings is 1. The monoisotopic (exact) mass is 483 g/mol. The molecule has 3 aromatic rings. The quantitative estimate of drug-likeness (QED) is 0.466. The van der Waals surface area contributed by atoms with Gasteiger partial charge in [-0.1, -0.05) is 23.7 Å². The van der Waals surface area contributed by atoms with E-state index in [2.05, 4.69) is 22.1 Å². The first-order valence-electron chi connectivity index (χ1n) is 11.9. The van der Waals surface area contributed by atoms with E-state index >= 15 is 0 Å². The molecule has 1 atom stereocenters. The van der Waals surface area contributed by atoms with E-state index < -0.39 is 5.60 Å². The number of halogens is 1. The summed E-state index contributed by atoms with van der Waals surface area (Å²) in [6.07, 6.45) is 3.63. The van der Waals surface area contributed by atoms with Gasteiger partial charge in [0.1, 0.15) is 30.3 Å². The molecule has 1 aromatic heterocycles. The summed E-state index contributed by atoms with van der Waals surface area (Å²) in [5, 5.41) is 16.3. The number of hydrogen-bond donors (Lipinski definition) is 1. The highest BCUT2D eigenvalue weighted by Crippen LogP contribution is 2.28. The molecule has 34 heavy (non-hydrogen) atoms. The predicted molar refractivity (Wildman–Crippen MR) is 135 cm³/mol. The number of nitrogens with zero attached hydrogens (tertiary/aromatic N) is 3. The van der Waals surface area contributed by atoms with Gasteiger partial charge in [0.05, 0.1) is 12.2 Å². The second kappa shape index (κ2) is 10.8. The van der Waals surface area contributed by atoms with Crippen LogP contribution < -0.4 is 9.47 Å². The molecule has 1 aliphatic heterocycles. The fourth-order valence-corrected chi connectivity index (χ4v) is 4.57. The van der Waals surface area contributed by atoms with E-state index in [9.17, 15) is 5.11 Å². The Bertz CT molecular complexity index is 1080. The molecule has 0 amide bonds. The molecule has 2 heterocycles. The summed E-state index contributed by atoms with van der Waals surface area (Å²) in [5.74, 6) is 1.60. The number of benzene rings is 2. The molecule has 1 aliphatic rings. The molecule has 0 radical (unpaired) electrons. The molecular weight excluding hydrogens is 450 g/mol. The molecule has 4 rings (SSSR count). The molecular formula is C27H34ClN3O3. The largest absolute Gasteiger partial charge is 0.492 e. The van der Waals surface area contributed by atoms with Crippen molar-refractivity contribution < 1.29 is 14.6 Å². The van der Waals surface area contributed by atoms with Crippen molar-refractivity contribution in [3.63, 3.8) is 0 Å². The van der Waals surface area contributed by atoms with E-state index in [0.29, 0.717) is 13.2 Å². The Morgan fingerprint density at radius 3 is 2.44 bits per heavy atom. The third-order valence-electron chi connectivity index (χ3n) is 6.24. The summed E-state index contributed by atoms with van der Waals surface area (Å²) in [5.41, 5.74) is 3.31. The smallest absolute Gasteiger partial charge is 0.120 e. The fraction of sp³-hybridized carbons (Fsp3) is 0.444. The van der Waals surface area contributed by atoms with Crippen molar-refractivity contribution in [2.45, 2.75) is 52.3 Å². The standard InChI is InChI=1S/C27H34ClN3O3/c1-20-15-25(16-21(2)26(20)28)34-19-27(32)10-4-11-30(18-27)17-23-5-7-24(8-6-23)33-14-13-31-12-9-22(3)29-31/h5-9,12,15-16,32H,4,10-11,13-14,17-19H2,1-3H3/t27-/m0/s1. The molecule has 1 N–H and O–H groups in total. The molecule has 2 aromatic carbocycles. The molecule has 0 unspecified atom stereocenters. The Hall–Kier alpha value is -2.54. The van der Waals surface area contributed by atoms with E-state index in [1.54, 1.807) is 0 Å². The van der Waals surface area contributed by atoms with Crippen LogP contribution in [0.5, 0.6) is 11.5 Å². The van der Waals surface area contributed by atoms with E-state index in [1.165, 1.54) is 5.56 Å². The number of rotatable bonds is 9. The molecule has 1 saturated heterocycles. The fourth-order valence-electron chi connectivity index (χ4n) is 4.46. The van der Waals surface area contributed by atoms with Gasteiger partial charge in [-0.15, -0.1) is 0 Å². The lowest BCUT2D eigenvalue weighted by atomic mass is 9.93. The predicted octanol–water partition coefficient (Wildman–Crippen LogP) is 4.95. The van der Waals surface area contributed by atoms with Gasteiger partial charge in [0.15, 0.2) is 0 Å². The molecule has 182 valence electrons. The average Bonchev–Trinajstić information content (AvgIpc) is 3.22. The highest BCUT2D eigenvalue weighted by molar-refractivity contribution is 6.32. The summed E-state index contributed by atoms with van der Waals surface area (Å²) in [4.78, 5) is 2.29. The van der Waals surface area contributed by atoms with Gasteiger partial charge in [-0.25, -0.2) is 0 Å². The summed E-state index contributed by atoms with van der Waals surface area (Å²) in [7, 11) is 0. The normalized spacial score (nSPS) is 18.7.